The molecular weight excluding hydrogens is 220 g/mol. The van der Waals surface area contributed by atoms with Crippen molar-refractivity contribution in [2.75, 3.05) is 14.2 Å². The average molecular weight is 234 g/mol. The molecule has 0 radical (unpaired) electrons. The Labute approximate surface area is 92.3 Å². The van der Waals surface area contributed by atoms with E-state index < -0.39 is 23.7 Å². The number of carbonyl (C=O) groups is 4. The Bertz CT molecular complexity index is 269. The molecule has 0 aromatic heterocycles. The topological polar surface area (TPSA) is 107 Å². The Morgan fingerprint density at radius 3 is 1.69 bits per heavy atom. The second-order valence-corrected chi connectivity index (χ2v) is 2.52. The number of carbonyl (C=O) groups excluding carboxylic acids is 3. The number of ether oxygens (including phenoxy) is 2. The summed E-state index contributed by atoms with van der Waals surface area (Å²) in [6.07, 6.45) is -0.210. The summed E-state index contributed by atoms with van der Waals surface area (Å²) in [7, 11) is 2.40. The zero-order chi connectivity index (χ0) is 13.1. The van der Waals surface area contributed by atoms with Crippen LogP contribution in [0.25, 0.3) is 0 Å². The molecule has 0 spiro atoms. The molecule has 1 N–H and O–H groups in total. The summed E-state index contributed by atoms with van der Waals surface area (Å²) in [5.74, 6) is -2.83. The van der Waals surface area contributed by atoms with Crippen molar-refractivity contribution in [2.45, 2.75) is 19.8 Å². The van der Waals surface area contributed by atoms with Crippen molar-refractivity contribution in [3.05, 3.63) is 0 Å². The van der Waals surface area contributed by atoms with E-state index >= 15 is 0 Å². The Kier molecular flexibility index (Phi) is 9.93. The second-order valence-electron chi connectivity index (χ2n) is 2.52. The lowest BCUT2D eigenvalue weighted by Gasteiger charge is -1.92. The molecule has 7 heteroatoms. The molecule has 0 amide bonds. The van der Waals surface area contributed by atoms with Crippen LogP contribution in [-0.2, 0) is 28.7 Å². The number of carboxylic acid groups (broad SMARTS) is 1. The third-order valence-electron chi connectivity index (χ3n) is 1.24. The molecule has 0 aliphatic rings. The predicted octanol–water partition coefficient (Wildman–Crippen LogP) is -0.227. The van der Waals surface area contributed by atoms with E-state index in [0.29, 0.717) is 0 Å². The first-order valence-corrected chi connectivity index (χ1v) is 4.22. The van der Waals surface area contributed by atoms with Crippen molar-refractivity contribution in [3.8, 4) is 0 Å². The van der Waals surface area contributed by atoms with E-state index in [1.165, 1.54) is 14.2 Å². The van der Waals surface area contributed by atoms with E-state index in [1.807, 2.05) is 0 Å². The highest BCUT2D eigenvalue weighted by Gasteiger charge is 2.03. The lowest BCUT2D eigenvalue weighted by molar-refractivity contribution is -0.150. The SMILES string of the molecule is COC(=O)C(C)=O.COC(=O)CCC(=O)O. The summed E-state index contributed by atoms with van der Waals surface area (Å²) in [5.41, 5.74) is 0. The number of aliphatic carboxylic acids is 1. The molecule has 0 aliphatic carbocycles. The Morgan fingerprint density at radius 2 is 1.50 bits per heavy atom. The van der Waals surface area contributed by atoms with Crippen LogP contribution < -0.4 is 0 Å². The number of hydrogen-bond acceptors (Lipinski definition) is 6. The summed E-state index contributed by atoms with van der Waals surface area (Å²) in [6, 6.07) is 0. The van der Waals surface area contributed by atoms with Crippen LogP contribution in [0.2, 0.25) is 0 Å². The van der Waals surface area contributed by atoms with Crippen LogP contribution in [0.5, 0.6) is 0 Å². The predicted molar refractivity (Wildman–Crippen MR) is 51.6 cm³/mol. The first-order chi connectivity index (χ1) is 7.34. The third kappa shape index (κ3) is 12.1. The summed E-state index contributed by atoms with van der Waals surface area (Å²) in [5, 5.41) is 8.05. The van der Waals surface area contributed by atoms with Gasteiger partial charge in [-0.3, -0.25) is 14.4 Å². The Balaban J connectivity index is 0. The quantitative estimate of drug-likeness (QED) is 0.528. The highest BCUT2D eigenvalue weighted by molar-refractivity contribution is 6.32. The van der Waals surface area contributed by atoms with Gasteiger partial charge in [-0.1, -0.05) is 0 Å². The number of rotatable bonds is 4. The highest BCUT2D eigenvalue weighted by atomic mass is 16.5. The zero-order valence-corrected chi connectivity index (χ0v) is 9.31. The maximum absolute atomic E-state index is 10.2. The Hall–Kier alpha value is -1.92. The molecule has 0 atom stereocenters. The number of carboxylic acids is 1. The fraction of sp³-hybridized carbons (Fsp3) is 0.556. The van der Waals surface area contributed by atoms with Crippen molar-refractivity contribution < 1.29 is 33.8 Å². The lowest BCUT2D eigenvalue weighted by atomic mass is 10.3. The molecule has 0 bridgehead atoms. The average Bonchev–Trinajstić information content (AvgIpc) is 2.25. The van der Waals surface area contributed by atoms with E-state index in [0.717, 1.165) is 6.92 Å². The number of ketones is 1. The van der Waals surface area contributed by atoms with Gasteiger partial charge in [-0.2, -0.15) is 0 Å². The van der Waals surface area contributed by atoms with Crippen LogP contribution in [0, 0.1) is 0 Å². The van der Waals surface area contributed by atoms with Crippen molar-refractivity contribution in [3.63, 3.8) is 0 Å². The molecular formula is C9H14O7. The molecule has 0 unspecified atom stereocenters. The fourth-order valence-corrected chi connectivity index (χ4v) is 0.455. The highest BCUT2D eigenvalue weighted by Crippen LogP contribution is 1.89. The summed E-state index contributed by atoms with van der Waals surface area (Å²) < 4.78 is 8.22. The van der Waals surface area contributed by atoms with Gasteiger partial charge in [0.15, 0.2) is 0 Å². The molecule has 0 aliphatic heterocycles. The standard InChI is InChI=1S/C5H8O4.C4H6O3/c1-9-5(8)3-2-4(6)7;1-3(5)4(6)7-2/h2-3H2,1H3,(H,6,7);1-2H3. The number of methoxy groups -OCH3 is 2. The van der Waals surface area contributed by atoms with Gasteiger partial charge >= 0.3 is 17.9 Å². The van der Waals surface area contributed by atoms with E-state index in [4.69, 9.17) is 5.11 Å². The van der Waals surface area contributed by atoms with Gasteiger partial charge < -0.3 is 14.6 Å². The molecule has 0 saturated heterocycles. The summed E-state index contributed by atoms with van der Waals surface area (Å²) >= 11 is 0. The zero-order valence-electron chi connectivity index (χ0n) is 9.31. The van der Waals surface area contributed by atoms with Crippen molar-refractivity contribution in [2.24, 2.45) is 0 Å². The van der Waals surface area contributed by atoms with E-state index in [9.17, 15) is 19.2 Å². The molecule has 0 fully saturated rings. The number of hydrogen-bond donors (Lipinski definition) is 1. The van der Waals surface area contributed by atoms with Gasteiger partial charge in [0.25, 0.3) is 0 Å². The molecule has 0 heterocycles. The molecule has 0 saturated carbocycles. The minimum absolute atomic E-state index is 0.0498. The third-order valence-corrected chi connectivity index (χ3v) is 1.24. The van der Waals surface area contributed by atoms with Gasteiger partial charge in [-0.05, 0) is 0 Å². The summed E-state index contributed by atoms with van der Waals surface area (Å²) in [6.45, 7) is 1.16. The lowest BCUT2D eigenvalue weighted by Crippen LogP contribution is -2.10. The minimum atomic E-state index is -0.986. The normalized spacial score (nSPS) is 8.19. The maximum Gasteiger partial charge on any atom is 0.374 e. The summed E-state index contributed by atoms with van der Waals surface area (Å²) in [4.78, 5) is 39.9. The van der Waals surface area contributed by atoms with Crippen molar-refractivity contribution in [1.82, 2.24) is 0 Å². The Morgan fingerprint density at radius 1 is 1.00 bits per heavy atom. The van der Waals surface area contributed by atoms with E-state index in [2.05, 4.69) is 9.47 Å². The second kappa shape index (κ2) is 9.63. The van der Waals surface area contributed by atoms with Gasteiger partial charge in [0.2, 0.25) is 5.78 Å². The first kappa shape index (κ1) is 16.5. The maximum atomic E-state index is 10.2. The molecule has 0 aromatic carbocycles. The molecule has 7 nitrogen and oxygen atoms in total. The van der Waals surface area contributed by atoms with Gasteiger partial charge in [0, 0.05) is 6.92 Å². The molecule has 0 rings (SSSR count). The number of Topliss-reactive ketones (excluding diaryl/α,β-unsaturated/α-hetero) is 1. The van der Waals surface area contributed by atoms with Crippen molar-refractivity contribution in [1.29, 1.82) is 0 Å². The van der Waals surface area contributed by atoms with E-state index in [1.54, 1.807) is 0 Å². The van der Waals surface area contributed by atoms with E-state index in [-0.39, 0.29) is 12.8 Å². The number of esters is 2. The van der Waals surface area contributed by atoms with Gasteiger partial charge in [-0.15, -0.1) is 0 Å². The monoisotopic (exact) mass is 234 g/mol. The first-order valence-electron chi connectivity index (χ1n) is 4.22. The van der Waals surface area contributed by atoms with Crippen molar-refractivity contribution >= 4 is 23.7 Å². The minimum Gasteiger partial charge on any atom is -0.481 e. The largest absolute Gasteiger partial charge is 0.481 e. The fourth-order valence-electron chi connectivity index (χ4n) is 0.455. The van der Waals surface area contributed by atoms with Crippen LogP contribution in [0.1, 0.15) is 19.8 Å². The molecule has 16 heavy (non-hydrogen) atoms. The van der Waals surface area contributed by atoms with Crippen LogP contribution in [0.15, 0.2) is 0 Å². The van der Waals surface area contributed by atoms with Gasteiger partial charge in [0.05, 0.1) is 27.1 Å². The van der Waals surface area contributed by atoms with Gasteiger partial charge in [-0.25, -0.2) is 4.79 Å². The van der Waals surface area contributed by atoms with Crippen LogP contribution in [0.3, 0.4) is 0 Å². The van der Waals surface area contributed by atoms with Crippen LogP contribution in [0.4, 0.5) is 0 Å². The molecule has 92 valence electrons. The van der Waals surface area contributed by atoms with Crippen LogP contribution in [-0.4, -0.2) is 43.0 Å². The molecule has 0 aromatic rings. The van der Waals surface area contributed by atoms with Gasteiger partial charge in [0.1, 0.15) is 0 Å². The van der Waals surface area contributed by atoms with Crippen LogP contribution >= 0.6 is 0 Å². The smallest absolute Gasteiger partial charge is 0.374 e.